The standard InChI is InChI=1S/C22H27NO9/c1-5-8-29-22(25)23-12-16-6-7-18(32-16)21-15(10-20(24)28-4)9-17(30-13-26-2)11-19(21)31-14-27-3/h5-7,9,11H,1,8,10,12-14H2,2-4H3,(H,23,25). The predicted octanol–water partition coefficient (Wildman–Crippen LogP) is 3.04. The largest absolute Gasteiger partial charge is 0.469 e. The quantitative estimate of drug-likeness (QED) is 0.280. The zero-order valence-electron chi connectivity index (χ0n) is 18.3. The summed E-state index contributed by atoms with van der Waals surface area (Å²) in [6.45, 7) is 3.66. The summed E-state index contributed by atoms with van der Waals surface area (Å²) in [7, 11) is 4.29. The van der Waals surface area contributed by atoms with Gasteiger partial charge in [0.2, 0.25) is 0 Å². The van der Waals surface area contributed by atoms with Gasteiger partial charge in [-0.2, -0.15) is 0 Å². The van der Waals surface area contributed by atoms with Gasteiger partial charge in [0.05, 0.1) is 25.6 Å². The van der Waals surface area contributed by atoms with Crippen molar-refractivity contribution >= 4 is 12.1 Å². The van der Waals surface area contributed by atoms with Gasteiger partial charge in [0.15, 0.2) is 13.6 Å². The van der Waals surface area contributed by atoms with E-state index >= 15 is 0 Å². The lowest BCUT2D eigenvalue weighted by molar-refractivity contribution is -0.139. The van der Waals surface area contributed by atoms with Gasteiger partial charge in [-0.3, -0.25) is 4.79 Å². The molecule has 0 atom stereocenters. The van der Waals surface area contributed by atoms with Crippen molar-refractivity contribution in [3.63, 3.8) is 0 Å². The van der Waals surface area contributed by atoms with E-state index in [0.717, 1.165) is 0 Å². The van der Waals surface area contributed by atoms with Gasteiger partial charge in [0, 0.05) is 20.3 Å². The Morgan fingerprint density at radius 3 is 2.53 bits per heavy atom. The van der Waals surface area contributed by atoms with Crippen LogP contribution in [-0.2, 0) is 36.7 Å². The van der Waals surface area contributed by atoms with Crippen LogP contribution in [0, 0.1) is 0 Å². The van der Waals surface area contributed by atoms with Gasteiger partial charge in [-0.25, -0.2) is 4.79 Å². The van der Waals surface area contributed by atoms with E-state index in [4.69, 9.17) is 32.8 Å². The Balaban J connectivity index is 2.38. The zero-order chi connectivity index (χ0) is 23.3. The third-order valence-corrected chi connectivity index (χ3v) is 4.04. The van der Waals surface area contributed by atoms with Crippen molar-refractivity contribution in [3.05, 3.63) is 48.2 Å². The van der Waals surface area contributed by atoms with Gasteiger partial charge >= 0.3 is 12.1 Å². The highest BCUT2D eigenvalue weighted by molar-refractivity contribution is 5.80. The zero-order valence-corrected chi connectivity index (χ0v) is 18.3. The molecule has 0 saturated carbocycles. The minimum Gasteiger partial charge on any atom is -0.469 e. The molecule has 0 aliphatic heterocycles. The third-order valence-electron chi connectivity index (χ3n) is 4.04. The fourth-order valence-electron chi connectivity index (χ4n) is 2.69. The number of furan rings is 1. The maximum atomic E-state index is 12.0. The summed E-state index contributed by atoms with van der Waals surface area (Å²) in [6.07, 6.45) is 0.814. The van der Waals surface area contributed by atoms with Crippen molar-refractivity contribution in [2.45, 2.75) is 13.0 Å². The molecule has 0 aliphatic carbocycles. The van der Waals surface area contributed by atoms with Crippen LogP contribution in [0.4, 0.5) is 4.79 Å². The number of nitrogens with one attached hydrogen (secondary N) is 1. The summed E-state index contributed by atoms with van der Waals surface area (Å²) in [4.78, 5) is 23.7. The second-order valence-electron chi connectivity index (χ2n) is 6.32. The number of alkyl carbamates (subject to hydrolysis) is 1. The lowest BCUT2D eigenvalue weighted by Crippen LogP contribution is -2.23. The molecule has 1 aromatic heterocycles. The minimum absolute atomic E-state index is 0.0131. The van der Waals surface area contributed by atoms with Gasteiger partial charge in [-0.1, -0.05) is 12.7 Å². The van der Waals surface area contributed by atoms with Crippen LogP contribution in [-0.4, -0.2) is 53.6 Å². The molecular formula is C22H27NO9. The maximum absolute atomic E-state index is 12.0. The number of ether oxygens (including phenoxy) is 6. The first-order valence-electron chi connectivity index (χ1n) is 9.60. The lowest BCUT2D eigenvalue weighted by Gasteiger charge is -2.16. The first kappa shape index (κ1) is 24.8. The molecule has 10 heteroatoms. The number of esters is 1. The minimum atomic E-state index is -0.599. The van der Waals surface area contributed by atoms with Crippen LogP contribution in [0.25, 0.3) is 11.3 Å². The van der Waals surface area contributed by atoms with Crippen molar-refractivity contribution in [2.75, 3.05) is 41.5 Å². The molecule has 1 N–H and O–H groups in total. The van der Waals surface area contributed by atoms with Gasteiger partial charge in [-0.05, 0) is 23.8 Å². The molecule has 2 rings (SSSR count). The normalized spacial score (nSPS) is 10.3. The van der Waals surface area contributed by atoms with Crippen LogP contribution in [0.15, 0.2) is 41.3 Å². The van der Waals surface area contributed by atoms with E-state index in [-0.39, 0.29) is 33.2 Å². The molecule has 0 fully saturated rings. The molecule has 32 heavy (non-hydrogen) atoms. The first-order valence-corrected chi connectivity index (χ1v) is 9.60. The summed E-state index contributed by atoms with van der Waals surface area (Å²) in [6, 6.07) is 6.72. The molecule has 1 heterocycles. The molecule has 1 aromatic carbocycles. The van der Waals surface area contributed by atoms with E-state index in [1.54, 1.807) is 24.3 Å². The summed E-state index contributed by atoms with van der Waals surface area (Å²) in [5, 5.41) is 2.57. The molecule has 0 bridgehead atoms. The lowest BCUT2D eigenvalue weighted by atomic mass is 10.0. The molecule has 174 valence electrons. The molecule has 10 nitrogen and oxygen atoms in total. The predicted molar refractivity (Wildman–Crippen MR) is 113 cm³/mol. The van der Waals surface area contributed by atoms with E-state index < -0.39 is 12.1 Å². The number of carbonyl (C=O) groups excluding carboxylic acids is 2. The fourth-order valence-corrected chi connectivity index (χ4v) is 2.69. The Morgan fingerprint density at radius 1 is 1.09 bits per heavy atom. The van der Waals surface area contributed by atoms with Crippen LogP contribution in [0.3, 0.4) is 0 Å². The number of methoxy groups -OCH3 is 3. The number of amides is 1. The maximum Gasteiger partial charge on any atom is 0.407 e. The van der Waals surface area contributed by atoms with Crippen LogP contribution in [0.1, 0.15) is 11.3 Å². The Morgan fingerprint density at radius 2 is 1.84 bits per heavy atom. The van der Waals surface area contributed by atoms with Crippen LogP contribution < -0.4 is 14.8 Å². The van der Waals surface area contributed by atoms with Crippen LogP contribution in [0.2, 0.25) is 0 Å². The average Bonchev–Trinajstić information content (AvgIpc) is 3.26. The monoisotopic (exact) mass is 449 g/mol. The SMILES string of the molecule is C=CCOC(=O)NCc1ccc(-c2c(CC(=O)OC)cc(OCOC)cc2OCOC)o1. The molecule has 0 spiro atoms. The van der Waals surface area contributed by atoms with Gasteiger partial charge < -0.3 is 38.2 Å². The average molecular weight is 449 g/mol. The van der Waals surface area contributed by atoms with Crippen molar-refractivity contribution in [1.29, 1.82) is 0 Å². The van der Waals surface area contributed by atoms with Crippen molar-refractivity contribution < 1.29 is 42.4 Å². The Kier molecular flexibility index (Phi) is 10.1. The highest BCUT2D eigenvalue weighted by Crippen LogP contribution is 2.39. The number of hydrogen-bond donors (Lipinski definition) is 1. The Hall–Kier alpha value is -3.50. The Labute approximate surface area is 186 Å². The second kappa shape index (κ2) is 13.0. The number of rotatable bonds is 13. The molecule has 0 saturated heterocycles. The Bertz CT molecular complexity index is 907. The van der Waals surface area contributed by atoms with E-state index in [2.05, 4.69) is 11.9 Å². The number of carbonyl (C=O) groups is 2. The molecule has 1 amide bonds. The molecule has 2 aromatic rings. The fraction of sp³-hybridized carbons (Fsp3) is 0.364. The van der Waals surface area contributed by atoms with Crippen molar-refractivity contribution in [1.82, 2.24) is 5.32 Å². The van der Waals surface area contributed by atoms with E-state index in [1.165, 1.54) is 27.4 Å². The van der Waals surface area contributed by atoms with Gasteiger partial charge in [0.25, 0.3) is 0 Å². The third kappa shape index (κ3) is 7.33. The summed E-state index contributed by atoms with van der Waals surface area (Å²) in [5.41, 5.74) is 1.08. The van der Waals surface area contributed by atoms with Crippen molar-refractivity contribution in [2.24, 2.45) is 0 Å². The molecular weight excluding hydrogens is 422 g/mol. The van der Waals surface area contributed by atoms with E-state index in [9.17, 15) is 9.59 Å². The van der Waals surface area contributed by atoms with E-state index in [1.807, 2.05) is 0 Å². The molecule has 0 aliphatic rings. The smallest absolute Gasteiger partial charge is 0.407 e. The molecule has 0 unspecified atom stereocenters. The van der Waals surface area contributed by atoms with Crippen LogP contribution in [0.5, 0.6) is 11.5 Å². The summed E-state index contributed by atoms with van der Waals surface area (Å²) in [5.74, 6) is 1.24. The summed E-state index contributed by atoms with van der Waals surface area (Å²) < 4.78 is 36.8. The second-order valence-corrected chi connectivity index (χ2v) is 6.32. The number of benzene rings is 1. The highest BCUT2D eigenvalue weighted by Gasteiger charge is 2.21. The van der Waals surface area contributed by atoms with E-state index in [0.29, 0.717) is 34.1 Å². The van der Waals surface area contributed by atoms with Crippen molar-refractivity contribution in [3.8, 4) is 22.8 Å². The summed E-state index contributed by atoms with van der Waals surface area (Å²) >= 11 is 0. The topological polar surface area (TPSA) is 115 Å². The van der Waals surface area contributed by atoms with Gasteiger partial charge in [-0.15, -0.1) is 0 Å². The highest BCUT2D eigenvalue weighted by atomic mass is 16.7. The van der Waals surface area contributed by atoms with Gasteiger partial charge in [0.1, 0.15) is 29.6 Å². The molecule has 0 radical (unpaired) electrons. The van der Waals surface area contributed by atoms with Crippen LogP contribution >= 0.6 is 0 Å². The first-order chi connectivity index (χ1) is 15.5. The number of hydrogen-bond acceptors (Lipinski definition) is 9.